The van der Waals surface area contributed by atoms with Crippen LogP contribution in [0.4, 0.5) is 0 Å². The van der Waals surface area contributed by atoms with Crippen molar-refractivity contribution in [3.63, 3.8) is 0 Å². The van der Waals surface area contributed by atoms with Crippen molar-refractivity contribution in [3.8, 4) is 0 Å². The lowest BCUT2D eigenvalue weighted by atomic mass is 10.0. The van der Waals surface area contributed by atoms with Crippen molar-refractivity contribution in [2.75, 3.05) is 6.54 Å². The van der Waals surface area contributed by atoms with Crippen LogP contribution in [0.1, 0.15) is 36.9 Å². The van der Waals surface area contributed by atoms with Crippen LogP contribution < -0.4 is 5.56 Å². The van der Waals surface area contributed by atoms with E-state index < -0.39 is 0 Å². The van der Waals surface area contributed by atoms with E-state index in [4.69, 9.17) is 0 Å². The van der Waals surface area contributed by atoms with Gasteiger partial charge in [0.25, 0.3) is 5.56 Å². The molecule has 0 aliphatic carbocycles. The molecule has 0 radical (unpaired) electrons. The Kier molecular flexibility index (Phi) is 4.12. The van der Waals surface area contributed by atoms with Gasteiger partial charge < -0.3 is 4.79 Å². The van der Waals surface area contributed by atoms with E-state index in [0.29, 0.717) is 11.5 Å². The third-order valence-corrected chi connectivity index (χ3v) is 4.88. The summed E-state index contributed by atoms with van der Waals surface area (Å²) in [5, 5.41) is 5.14. The molecule has 0 N–H and O–H groups in total. The van der Waals surface area contributed by atoms with Gasteiger partial charge in [-0.3, -0.25) is 9.69 Å². The molecule has 0 spiro atoms. The number of carbonyl (C=O) groups is 1. The van der Waals surface area contributed by atoms with Gasteiger partial charge >= 0.3 is 0 Å². The SMILES string of the molecule is CCc1nn2c(=O)cc(CN3CCCCC3C=O)nc2s1. The van der Waals surface area contributed by atoms with Crippen molar-refractivity contribution in [2.45, 2.75) is 45.2 Å². The van der Waals surface area contributed by atoms with Gasteiger partial charge in [-0.2, -0.15) is 9.61 Å². The van der Waals surface area contributed by atoms with Crippen molar-refractivity contribution in [1.29, 1.82) is 0 Å². The monoisotopic (exact) mass is 306 g/mol. The van der Waals surface area contributed by atoms with Gasteiger partial charge in [0.1, 0.15) is 11.3 Å². The molecule has 3 heterocycles. The van der Waals surface area contributed by atoms with E-state index in [1.54, 1.807) is 0 Å². The van der Waals surface area contributed by atoms with E-state index in [1.807, 2.05) is 6.92 Å². The fourth-order valence-corrected chi connectivity index (χ4v) is 3.55. The molecule has 2 aromatic heterocycles. The fourth-order valence-electron chi connectivity index (χ4n) is 2.69. The van der Waals surface area contributed by atoms with Gasteiger partial charge in [0.05, 0.1) is 11.7 Å². The third kappa shape index (κ3) is 2.89. The number of aryl methyl sites for hydroxylation is 1. The lowest BCUT2D eigenvalue weighted by molar-refractivity contribution is -0.113. The Morgan fingerprint density at radius 3 is 3.10 bits per heavy atom. The summed E-state index contributed by atoms with van der Waals surface area (Å²) in [5.41, 5.74) is 0.575. The van der Waals surface area contributed by atoms with Crippen molar-refractivity contribution in [3.05, 3.63) is 27.1 Å². The topological polar surface area (TPSA) is 67.6 Å². The van der Waals surface area contributed by atoms with Gasteiger partial charge in [-0.15, -0.1) is 0 Å². The number of hydrogen-bond acceptors (Lipinski definition) is 6. The van der Waals surface area contributed by atoms with Crippen molar-refractivity contribution in [2.24, 2.45) is 0 Å². The predicted molar refractivity (Wildman–Crippen MR) is 80.6 cm³/mol. The normalized spacial score (nSPS) is 20.0. The zero-order valence-electron chi connectivity index (χ0n) is 12.0. The van der Waals surface area contributed by atoms with E-state index in [0.717, 1.165) is 49.2 Å². The number of piperidine rings is 1. The largest absolute Gasteiger partial charge is 0.302 e. The summed E-state index contributed by atoms with van der Waals surface area (Å²) in [4.78, 5) is 30.5. The van der Waals surface area contributed by atoms with Crippen LogP contribution in [0.25, 0.3) is 4.96 Å². The molecule has 1 saturated heterocycles. The number of rotatable bonds is 4. The Morgan fingerprint density at radius 2 is 2.33 bits per heavy atom. The van der Waals surface area contributed by atoms with Gasteiger partial charge in [-0.05, 0) is 25.8 Å². The molecule has 1 atom stereocenters. The summed E-state index contributed by atoms with van der Waals surface area (Å²) in [6, 6.07) is 1.48. The number of hydrogen-bond donors (Lipinski definition) is 0. The number of nitrogens with zero attached hydrogens (tertiary/aromatic N) is 4. The second-order valence-corrected chi connectivity index (χ2v) is 6.34. The number of carbonyl (C=O) groups excluding carboxylic acids is 1. The zero-order valence-corrected chi connectivity index (χ0v) is 12.8. The summed E-state index contributed by atoms with van der Waals surface area (Å²) in [7, 11) is 0. The standard InChI is InChI=1S/C14H18N4O2S/c1-2-12-16-18-13(20)7-10(15-14(18)21-12)8-17-6-4-3-5-11(17)9-19/h7,9,11H,2-6,8H2,1H3. The summed E-state index contributed by atoms with van der Waals surface area (Å²) in [6.07, 6.45) is 4.87. The molecule has 0 amide bonds. The minimum Gasteiger partial charge on any atom is -0.302 e. The second-order valence-electron chi connectivity index (χ2n) is 5.30. The van der Waals surface area contributed by atoms with Crippen LogP contribution in [-0.4, -0.2) is 38.4 Å². The molecule has 1 unspecified atom stereocenters. The van der Waals surface area contributed by atoms with Gasteiger partial charge in [0.2, 0.25) is 4.96 Å². The fraction of sp³-hybridized carbons (Fsp3) is 0.571. The average Bonchev–Trinajstić information content (AvgIpc) is 2.91. The molecule has 0 bridgehead atoms. The van der Waals surface area contributed by atoms with Gasteiger partial charge in [0, 0.05) is 12.6 Å². The first kappa shape index (κ1) is 14.3. The maximum atomic E-state index is 12.1. The molecule has 1 aliphatic rings. The number of likely N-dealkylation sites (tertiary alicyclic amines) is 1. The molecule has 2 aromatic rings. The summed E-state index contributed by atoms with van der Waals surface area (Å²) >= 11 is 1.45. The molecule has 0 saturated carbocycles. The Morgan fingerprint density at radius 1 is 1.48 bits per heavy atom. The van der Waals surface area contributed by atoms with Crippen LogP contribution in [0.2, 0.25) is 0 Å². The van der Waals surface area contributed by atoms with Crippen molar-refractivity contribution in [1.82, 2.24) is 19.5 Å². The van der Waals surface area contributed by atoms with E-state index in [9.17, 15) is 9.59 Å². The lowest BCUT2D eigenvalue weighted by Crippen LogP contribution is -2.40. The highest BCUT2D eigenvalue weighted by molar-refractivity contribution is 7.16. The molecule has 7 heteroatoms. The maximum Gasteiger partial charge on any atom is 0.275 e. The van der Waals surface area contributed by atoms with Crippen LogP contribution >= 0.6 is 11.3 Å². The molecule has 112 valence electrons. The molecule has 1 fully saturated rings. The number of aldehydes is 1. The first-order chi connectivity index (χ1) is 10.2. The Hall–Kier alpha value is -1.60. The molecule has 21 heavy (non-hydrogen) atoms. The van der Waals surface area contributed by atoms with E-state index >= 15 is 0 Å². The minimum atomic E-state index is -0.148. The molecule has 6 nitrogen and oxygen atoms in total. The zero-order chi connectivity index (χ0) is 14.8. The molecule has 0 aromatic carbocycles. The van der Waals surface area contributed by atoms with E-state index in [2.05, 4.69) is 15.0 Å². The van der Waals surface area contributed by atoms with Crippen LogP contribution in [0, 0.1) is 0 Å². The van der Waals surface area contributed by atoms with Gasteiger partial charge in [0.15, 0.2) is 0 Å². The van der Waals surface area contributed by atoms with Crippen molar-refractivity contribution < 1.29 is 4.79 Å². The van der Waals surface area contributed by atoms with Crippen LogP contribution in [-0.2, 0) is 17.8 Å². The lowest BCUT2D eigenvalue weighted by Gasteiger charge is -2.31. The summed E-state index contributed by atoms with van der Waals surface area (Å²) in [5.74, 6) is 0. The Bertz CT molecular complexity index is 709. The summed E-state index contributed by atoms with van der Waals surface area (Å²) in [6.45, 7) is 3.44. The van der Waals surface area contributed by atoms with Crippen LogP contribution in [0.5, 0.6) is 0 Å². The minimum absolute atomic E-state index is 0.0494. The first-order valence-corrected chi connectivity index (χ1v) is 8.11. The molecule has 3 rings (SSSR count). The van der Waals surface area contributed by atoms with Gasteiger partial charge in [-0.1, -0.05) is 24.7 Å². The van der Waals surface area contributed by atoms with Crippen LogP contribution in [0.15, 0.2) is 10.9 Å². The smallest absolute Gasteiger partial charge is 0.275 e. The maximum absolute atomic E-state index is 12.1. The summed E-state index contributed by atoms with van der Waals surface area (Å²) < 4.78 is 1.36. The quantitative estimate of drug-likeness (QED) is 0.796. The van der Waals surface area contributed by atoms with E-state index in [1.165, 1.54) is 21.9 Å². The highest BCUT2D eigenvalue weighted by Gasteiger charge is 2.22. The van der Waals surface area contributed by atoms with Crippen molar-refractivity contribution >= 4 is 22.6 Å². The Labute approximate surface area is 126 Å². The molecular weight excluding hydrogens is 288 g/mol. The average molecular weight is 306 g/mol. The van der Waals surface area contributed by atoms with Gasteiger partial charge in [-0.25, -0.2) is 4.98 Å². The Balaban J connectivity index is 1.89. The second kappa shape index (κ2) is 6.03. The third-order valence-electron chi connectivity index (χ3n) is 3.83. The van der Waals surface area contributed by atoms with E-state index in [-0.39, 0.29) is 11.6 Å². The number of fused-ring (bicyclic) bond motifs is 1. The highest BCUT2D eigenvalue weighted by atomic mass is 32.1. The molecule has 1 aliphatic heterocycles. The number of aromatic nitrogens is 3. The van der Waals surface area contributed by atoms with Crippen LogP contribution in [0.3, 0.4) is 0 Å². The highest BCUT2D eigenvalue weighted by Crippen LogP contribution is 2.18. The molecular formula is C14H18N4O2S. The first-order valence-electron chi connectivity index (χ1n) is 7.29. The predicted octanol–water partition coefficient (Wildman–Crippen LogP) is 1.27.